The second kappa shape index (κ2) is 10.1. The van der Waals surface area contributed by atoms with Gasteiger partial charge in [0, 0.05) is 56.1 Å². The normalized spacial score (nSPS) is 17.4. The van der Waals surface area contributed by atoms with Crippen LogP contribution >= 0.6 is 24.0 Å². The molecular formula is C21H29IN6O. The summed E-state index contributed by atoms with van der Waals surface area (Å²) in [5.41, 5.74) is 3.51. The van der Waals surface area contributed by atoms with Crippen LogP contribution in [-0.4, -0.2) is 58.4 Å². The number of aliphatic imine (C=N–C) groups is 1. The van der Waals surface area contributed by atoms with Gasteiger partial charge in [0.2, 0.25) is 0 Å². The highest BCUT2D eigenvalue weighted by Crippen LogP contribution is 2.21. The second-order valence-electron chi connectivity index (χ2n) is 7.12. The Hall–Kier alpha value is -2.07. The molecule has 3 heterocycles. The van der Waals surface area contributed by atoms with Crippen molar-refractivity contribution in [3.63, 3.8) is 0 Å². The molecule has 8 heteroatoms. The Balaban J connectivity index is 0.00000240. The Morgan fingerprint density at radius 1 is 1.38 bits per heavy atom. The second-order valence-corrected chi connectivity index (χ2v) is 7.12. The number of para-hydroxylation sites is 1. The molecule has 4 rings (SSSR count). The van der Waals surface area contributed by atoms with Gasteiger partial charge in [0.25, 0.3) is 0 Å². The lowest BCUT2D eigenvalue weighted by Gasteiger charge is -2.34. The van der Waals surface area contributed by atoms with Gasteiger partial charge in [-0.3, -0.25) is 9.67 Å². The van der Waals surface area contributed by atoms with Gasteiger partial charge in [-0.1, -0.05) is 18.2 Å². The number of H-pyrrole nitrogens is 1. The summed E-state index contributed by atoms with van der Waals surface area (Å²) in [4.78, 5) is 10.6. The first kappa shape index (κ1) is 21.6. The van der Waals surface area contributed by atoms with Gasteiger partial charge in [-0.05, 0) is 24.4 Å². The van der Waals surface area contributed by atoms with Crippen LogP contribution in [0.1, 0.15) is 24.3 Å². The lowest BCUT2D eigenvalue weighted by Crippen LogP contribution is -2.48. The fraction of sp³-hybridized carbons (Fsp3) is 0.429. The van der Waals surface area contributed by atoms with Gasteiger partial charge in [0.05, 0.1) is 19.3 Å². The Morgan fingerprint density at radius 3 is 3.00 bits per heavy atom. The van der Waals surface area contributed by atoms with Crippen molar-refractivity contribution in [2.75, 3.05) is 32.8 Å². The predicted octanol–water partition coefficient (Wildman–Crippen LogP) is 3.10. The molecule has 0 spiro atoms. The van der Waals surface area contributed by atoms with E-state index in [-0.39, 0.29) is 30.1 Å². The molecule has 0 amide bonds. The summed E-state index contributed by atoms with van der Waals surface area (Å²) >= 11 is 0. The Kier molecular flexibility index (Phi) is 7.54. The van der Waals surface area contributed by atoms with Gasteiger partial charge in [0.1, 0.15) is 6.10 Å². The Labute approximate surface area is 188 Å². The number of nitrogens with zero attached hydrogens (tertiary/aromatic N) is 4. The molecule has 1 saturated heterocycles. The summed E-state index contributed by atoms with van der Waals surface area (Å²) in [5, 5.41) is 8.95. The molecule has 1 atom stereocenters. The summed E-state index contributed by atoms with van der Waals surface area (Å²) in [6, 6.07) is 10.6. The average molecular weight is 508 g/mol. The number of hydrogen-bond donors (Lipinski definition) is 2. The van der Waals surface area contributed by atoms with Crippen LogP contribution in [-0.2, 0) is 18.2 Å². The van der Waals surface area contributed by atoms with Crippen LogP contribution in [0, 0.1) is 0 Å². The molecule has 1 fully saturated rings. The Bertz CT molecular complexity index is 916. The maximum atomic E-state index is 5.96. The van der Waals surface area contributed by atoms with Gasteiger partial charge < -0.3 is 19.9 Å². The topological polar surface area (TPSA) is 70.5 Å². The van der Waals surface area contributed by atoms with E-state index in [1.54, 1.807) is 0 Å². The molecular weight excluding hydrogens is 479 g/mol. The van der Waals surface area contributed by atoms with E-state index in [4.69, 9.17) is 9.73 Å². The van der Waals surface area contributed by atoms with Crippen molar-refractivity contribution >= 4 is 40.8 Å². The van der Waals surface area contributed by atoms with Crippen LogP contribution in [0.5, 0.6) is 0 Å². The highest BCUT2D eigenvalue weighted by atomic mass is 127. The summed E-state index contributed by atoms with van der Waals surface area (Å²) in [5.74, 6) is 0.954. The lowest BCUT2D eigenvalue weighted by atomic mass is 10.1. The number of hydrogen-bond acceptors (Lipinski definition) is 3. The van der Waals surface area contributed by atoms with E-state index < -0.39 is 0 Å². The standard InChI is InChI=1S/C21H28N6O.HI/c1-3-22-21(23-9-8-18-12-16-6-4-5-7-19(16)25-18)27-10-11-28-20(15-27)17-13-24-26(2)14-17;/h4-7,12-14,20,25H,3,8-11,15H2,1-2H3,(H,22,23);1H. The third kappa shape index (κ3) is 5.30. The van der Waals surface area contributed by atoms with Crippen LogP contribution < -0.4 is 5.32 Å². The number of aromatic nitrogens is 3. The van der Waals surface area contributed by atoms with Gasteiger partial charge in [0.15, 0.2) is 5.96 Å². The van der Waals surface area contributed by atoms with Crippen molar-refractivity contribution in [3.8, 4) is 0 Å². The fourth-order valence-corrected chi connectivity index (χ4v) is 3.63. The van der Waals surface area contributed by atoms with Gasteiger partial charge in [-0.25, -0.2) is 0 Å². The minimum Gasteiger partial charge on any atom is -0.370 e. The highest BCUT2D eigenvalue weighted by Gasteiger charge is 2.25. The zero-order valence-electron chi connectivity index (χ0n) is 17.0. The molecule has 29 heavy (non-hydrogen) atoms. The molecule has 7 nitrogen and oxygen atoms in total. The minimum absolute atomic E-state index is 0. The molecule has 0 bridgehead atoms. The molecule has 1 aliphatic heterocycles. The van der Waals surface area contributed by atoms with Gasteiger partial charge in [-0.2, -0.15) is 5.10 Å². The SMILES string of the molecule is CCNC(=NCCc1cc2ccccc2[nH]1)N1CCOC(c2cnn(C)c2)C1.I. The van der Waals surface area contributed by atoms with Crippen LogP contribution in [0.3, 0.4) is 0 Å². The van der Waals surface area contributed by atoms with E-state index in [9.17, 15) is 0 Å². The minimum atomic E-state index is 0. The summed E-state index contributed by atoms with van der Waals surface area (Å²) in [6.45, 7) is 6.00. The molecule has 1 unspecified atom stereocenters. The zero-order chi connectivity index (χ0) is 19.3. The van der Waals surface area contributed by atoms with E-state index >= 15 is 0 Å². The third-order valence-corrected chi connectivity index (χ3v) is 5.03. The van der Waals surface area contributed by atoms with Crippen LogP contribution in [0.2, 0.25) is 0 Å². The maximum absolute atomic E-state index is 5.96. The van der Waals surface area contributed by atoms with Crippen molar-refractivity contribution in [2.45, 2.75) is 19.4 Å². The number of benzene rings is 1. The van der Waals surface area contributed by atoms with Crippen LogP contribution in [0.15, 0.2) is 47.7 Å². The monoisotopic (exact) mass is 508 g/mol. The number of morpholine rings is 1. The quantitative estimate of drug-likeness (QED) is 0.316. The van der Waals surface area contributed by atoms with E-state index in [1.165, 1.54) is 16.6 Å². The fourth-order valence-electron chi connectivity index (χ4n) is 3.63. The number of rotatable bonds is 5. The maximum Gasteiger partial charge on any atom is 0.194 e. The zero-order valence-corrected chi connectivity index (χ0v) is 19.3. The van der Waals surface area contributed by atoms with E-state index in [2.05, 4.69) is 57.6 Å². The summed E-state index contributed by atoms with van der Waals surface area (Å²) in [7, 11) is 1.93. The first-order valence-corrected chi connectivity index (χ1v) is 9.93. The first-order valence-electron chi connectivity index (χ1n) is 9.93. The number of aromatic amines is 1. The third-order valence-electron chi connectivity index (χ3n) is 5.03. The van der Waals surface area contributed by atoms with Crippen molar-refractivity contribution in [1.29, 1.82) is 0 Å². The molecule has 0 aliphatic carbocycles. The average Bonchev–Trinajstić information content (AvgIpc) is 3.33. The smallest absolute Gasteiger partial charge is 0.194 e. The van der Waals surface area contributed by atoms with Crippen LogP contribution in [0.4, 0.5) is 0 Å². The number of aryl methyl sites for hydroxylation is 1. The number of fused-ring (bicyclic) bond motifs is 1. The van der Waals surface area contributed by atoms with E-state index in [0.717, 1.165) is 44.1 Å². The molecule has 1 aliphatic rings. The molecule has 156 valence electrons. The molecule has 1 aromatic carbocycles. The number of ether oxygens (including phenoxy) is 1. The lowest BCUT2D eigenvalue weighted by molar-refractivity contribution is -0.00803. The van der Waals surface area contributed by atoms with Gasteiger partial charge >= 0.3 is 0 Å². The van der Waals surface area contributed by atoms with Crippen LogP contribution in [0.25, 0.3) is 10.9 Å². The molecule has 2 aromatic heterocycles. The number of nitrogens with one attached hydrogen (secondary N) is 2. The van der Waals surface area contributed by atoms with Crippen molar-refractivity contribution in [3.05, 3.63) is 54.0 Å². The predicted molar refractivity (Wildman–Crippen MR) is 127 cm³/mol. The molecule has 3 aromatic rings. The van der Waals surface area contributed by atoms with Gasteiger partial charge in [-0.15, -0.1) is 24.0 Å². The van der Waals surface area contributed by atoms with Crippen molar-refractivity contribution in [1.82, 2.24) is 25.0 Å². The van der Waals surface area contributed by atoms with E-state index in [0.29, 0.717) is 6.61 Å². The summed E-state index contributed by atoms with van der Waals surface area (Å²) in [6.07, 6.45) is 4.82. The summed E-state index contributed by atoms with van der Waals surface area (Å²) < 4.78 is 7.78. The van der Waals surface area contributed by atoms with Crippen molar-refractivity contribution < 1.29 is 4.74 Å². The first-order chi connectivity index (χ1) is 13.7. The largest absolute Gasteiger partial charge is 0.370 e. The van der Waals surface area contributed by atoms with Crippen molar-refractivity contribution in [2.24, 2.45) is 12.0 Å². The molecule has 0 radical (unpaired) electrons. The number of halogens is 1. The van der Waals surface area contributed by atoms with E-state index in [1.807, 2.05) is 24.1 Å². The molecule has 0 saturated carbocycles. The molecule has 2 N–H and O–H groups in total. The number of guanidine groups is 1. The Morgan fingerprint density at radius 2 is 2.24 bits per heavy atom. The highest BCUT2D eigenvalue weighted by molar-refractivity contribution is 14.0.